The van der Waals surface area contributed by atoms with E-state index < -0.39 is 0 Å². The second-order valence-electron chi connectivity index (χ2n) is 3.01. The molecule has 0 aliphatic heterocycles. The van der Waals surface area contributed by atoms with Gasteiger partial charge in [0.2, 0.25) is 11.2 Å². The molecule has 8 nitrogen and oxygen atoms in total. The van der Waals surface area contributed by atoms with E-state index in [9.17, 15) is 0 Å². The zero-order valence-electron chi connectivity index (χ0n) is 8.81. The fraction of sp³-hybridized carbons (Fsp3) is 0. The molecule has 0 bridgehead atoms. The summed E-state index contributed by atoms with van der Waals surface area (Å²) >= 11 is 0. The topological polar surface area (TPSA) is 104 Å². The summed E-state index contributed by atoms with van der Waals surface area (Å²) in [5.74, 6) is 0. The number of fused-ring (bicyclic) bond motifs is 2. The van der Waals surface area contributed by atoms with Crippen molar-refractivity contribution >= 4 is 22.5 Å². The summed E-state index contributed by atoms with van der Waals surface area (Å²) in [5, 5.41) is 0. The van der Waals surface area contributed by atoms with Gasteiger partial charge in [-0.1, -0.05) is 0 Å². The van der Waals surface area contributed by atoms with Crippen molar-refractivity contribution in [1.82, 2.24) is 29.9 Å². The maximum Gasteiger partial charge on any atom is 0.286 e. The Bertz CT molecular complexity index is 638. The highest BCUT2D eigenvalue weighted by atomic mass is 16.3. The van der Waals surface area contributed by atoms with E-state index in [1.54, 1.807) is 6.20 Å². The summed E-state index contributed by atoms with van der Waals surface area (Å²) in [4.78, 5) is 22.4. The van der Waals surface area contributed by atoms with Crippen LogP contribution >= 0.6 is 0 Å². The molecule has 4 rings (SSSR count). The standard InChI is InChI=1S/2C5H2N3O/c1-4-5(7-2-6-1)8-3-9-4;1-4-5(7-2-6-1)9-3-8-4/h2-3H;1-2H. The summed E-state index contributed by atoms with van der Waals surface area (Å²) in [7, 11) is 0. The first kappa shape index (κ1) is 10.3. The minimum atomic E-state index is 0.477. The number of oxazole rings is 2. The minimum absolute atomic E-state index is 0.477. The first-order valence-electron chi connectivity index (χ1n) is 4.78. The van der Waals surface area contributed by atoms with Crippen molar-refractivity contribution in [1.29, 1.82) is 0 Å². The molecule has 18 heavy (non-hydrogen) atoms. The van der Waals surface area contributed by atoms with E-state index in [1.165, 1.54) is 19.0 Å². The second-order valence-corrected chi connectivity index (χ2v) is 3.01. The van der Waals surface area contributed by atoms with Gasteiger partial charge in [-0.15, -0.1) is 0 Å². The van der Waals surface area contributed by atoms with Crippen LogP contribution in [0, 0.1) is 12.6 Å². The molecule has 0 aromatic carbocycles. The van der Waals surface area contributed by atoms with Gasteiger partial charge in [0.1, 0.15) is 24.4 Å². The highest BCUT2D eigenvalue weighted by molar-refractivity contribution is 5.64. The number of nitrogens with zero attached hydrogens (tertiary/aromatic N) is 6. The lowest BCUT2D eigenvalue weighted by Crippen LogP contribution is -1.76. The lowest BCUT2D eigenvalue weighted by atomic mass is 10.6. The molecule has 2 radical (unpaired) electrons. The fourth-order valence-corrected chi connectivity index (χ4v) is 1.16. The molecule has 0 saturated carbocycles. The zero-order valence-corrected chi connectivity index (χ0v) is 8.81. The van der Waals surface area contributed by atoms with Gasteiger partial charge in [-0.25, -0.2) is 19.9 Å². The average Bonchev–Trinajstić information content (AvgIpc) is 3.08. The highest BCUT2D eigenvalue weighted by Gasteiger charge is 1.95. The quantitative estimate of drug-likeness (QED) is 0.445. The van der Waals surface area contributed by atoms with Crippen molar-refractivity contribution in [3.8, 4) is 0 Å². The summed E-state index contributed by atoms with van der Waals surface area (Å²) in [6, 6.07) is 0. The van der Waals surface area contributed by atoms with Crippen LogP contribution < -0.4 is 0 Å². The SMILES string of the molecule is [c]1nc2cncnc2o1.[c]1ncnc2ncoc12. The van der Waals surface area contributed by atoms with Crippen LogP contribution in [0.25, 0.3) is 22.5 Å². The average molecular weight is 240 g/mol. The Balaban J connectivity index is 0.000000111. The maximum absolute atomic E-state index is 4.83. The Labute approximate surface area is 99.8 Å². The first-order chi connectivity index (χ1) is 8.93. The minimum Gasteiger partial charge on any atom is -0.439 e. The van der Waals surface area contributed by atoms with Gasteiger partial charge >= 0.3 is 0 Å². The van der Waals surface area contributed by atoms with Crippen LogP contribution in [0.5, 0.6) is 0 Å². The summed E-state index contributed by atoms with van der Waals surface area (Å²) in [6.45, 7) is 0. The number of aromatic nitrogens is 6. The molecule has 0 atom stereocenters. The van der Waals surface area contributed by atoms with Gasteiger partial charge in [0.15, 0.2) is 6.39 Å². The summed E-state index contributed by atoms with van der Waals surface area (Å²) in [6.07, 6.45) is 10.6. The van der Waals surface area contributed by atoms with E-state index in [1.807, 2.05) is 0 Å². The lowest BCUT2D eigenvalue weighted by molar-refractivity contribution is 0.579. The fourth-order valence-electron chi connectivity index (χ4n) is 1.16. The molecule has 4 heterocycles. The zero-order chi connectivity index (χ0) is 12.2. The Kier molecular flexibility index (Phi) is 2.59. The van der Waals surface area contributed by atoms with E-state index in [0.29, 0.717) is 22.5 Å². The van der Waals surface area contributed by atoms with Gasteiger partial charge in [0.25, 0.3) is 12.1 Å². The summed E-state index contributed by atoms with van der Waals surface area (Å²) < 4.78 is 9.56. The van der Waals surface area contributed by atoms with Crippen molar-refractivity contribution in [2.75, 3.05) is 0 Å². The number of hydrogen-bond donors (Lipinski definition) is 0. The number of hydrogen-bond acceptors (Lipinski definition) is 8. The lowest BCUT2D eigenvalue weighted by Gasteiger charge is -1.78. The highest BCUT2D eigenvalue weighted by Crippen LogP contribution is 2.03. The molecule has 0 fully saturated rings. The Hall–Kier alpha value is -2.90. The molecule has 4 aromatic heterocycles. The van der Waals surface area contributed by atoms with Crippen LogP contribution in [-0.2, 0) is 0 Å². The predicted molar refractivity (Wildman–Crippen MR) is 56.9 cm³/mol. The molecular formula is C10H4N6O2. The second kappa shape index (κ2) is 4.53. The van der Waals surface area contributed by atoms with E-state index in [-0.39, 0.29) is 0 Å². The Morgan fingerprint density at radius 3 is 3.00 bits per heavy atom. The maximum atomic E-state index is 4.83. The van der Waals surface area contributed by atoms with Crippen LogP contribution in [0.3, 0.4) is 0 Å². The molecule has 86 valence electrons. The van der Waals surface area contributed by atoms with Crippen molar-refractivity contribution in [3.05, 3.63) is 37.8 Å². The molecule has 0 saturated heterocycles. The molecule has 0 aliphatic carbocycles. The van der Waals surface area contributed by atoms with Crippen molar-refractivity contribution in [3.63, 3.8) is 0 Å². The molecule has 8 heteroatoms. The van der Waals surface area contributed by atoms with Crippen LogP contribution in [-0.4, -0.2) is 29.9 Å². The van der Waals surface area contributed by atoms with Gasteiger partial charge in [-0.2, -0.15) is 9.97 Å². The van der Waals surface area contributed by atoms with Crippen molar-refractivity contribution < 1.29 is 8.83 Å². The normalized spacial score (nSPS) is 10.2. The van der Waals surface area contributed by atoms with Crippen LogP contribution in [0.15, 0.2) is 34.1 Å². The molecular weight excluding hydrogens is 236 g/mol. The largest absolute Gasteiger partial charge is 0.439 e. The van der Waals surface area contributed by atoms with Crippen LogP contribution in [0.2, 0.25) is 0 Å². The predicted octanol–water partition coefficient (Wildman–Crippen LogP) is 0.836. The molecule has 0 unspecified atom stereocenters. The van der Waals surface area contributed by atoms with Gasteiger partial charge in [0.05, 0.1) is 6.20 Å². The van der Waals surface area contributed by atoms with E-state index in [0.717, 1.165) is 0 Å². The van der Waals surface area contributed by atoms with Gasteiger partial charge in [0, 0.05) is 0 Å². The van der Waals surface area contributed by atoms with Crippen LogP contribution in [0.4, 0.5) is 0 Å². The third-order valence-electron chi connectivity index (χ3n) is 1.92. The third kappa shape index (κ3) is 1.98. The van der Waals surface area contributed by atoms with E-state index in [4.69, 9.17) is 8.83 Å². The monoisotopic (exact) mass is 240 g/mol. The van der Waals surface area contributed by atoms with Gasteiger partial charge < -0.3 is 8.83 Å². The summed E-state index contributed by atoms with van der Waals surface area (Å²) in [5.41, 5.74) is 2.16. The molecule has 0 amide bonds. The molecule has 0 spiro atoms. The van der Waals surface area contributed by atoms with E-state index in [2.05, 4.69) is 42.5 Å². The molecule has 0 aliphatic rings. The molecule has 0 N–H and O–H groups in total. The molecule has 4 aromatic rings. The van der Waals surface area contributed by atoms with Gasteiger partial charge in [-0.05, 0) is 0 Å². The Morgan fingerprint density at radius 1 is 1.11 bits per heavy atom. The van der Waals surface area contributed by atoms with E-state index >= 15 is 0 Å². The third-order valence-corrected chi connectivity index (χ3v) is 1.92. The smallest absolute Gasteiger partial charge is 0.286 e. The van der Waals surface area contributed by atoms with Gasteiger partial charge in [-0.3, -0.25) is 0 Å². The first-order valence-corrected chi connectivity index (χ1v) is 4.78. The van der Waals surface area contributed by atoms with Crippen LogP contribution in [0.1, 0.15) is 0 Å². The number of rotatable bonds is 0. The Morgan fingerprint density at radius 2 is 2.11 bits per heavy atom. The van der Waals surface area contributed by atoms with Crippen molar-refractivity contribution in [2.45, 2.75) is 0 Å². The van der Waals surface area contributed by atoms with Crippen molar-refractivity contribution in [2.24, 2.45) is 0 Å².